The monoisotopic (exact) mass is 280 g/mol. The lowest BCUT2D eigenvalue weighted by atomic mass is 9.90. The molecule has 3 rings (SSSR count). The Hall–Kier alpha value is -1.13. The molecule has 1 amide bonds. The van der Waals surface area contributed by atoms with E-state index in [0.717, 1.165) is 19.3 Å². The van der Waals surface area contributed by atoms with E-state index in [2.05, 4.69) is 4.98 Å². The second-order valence-corrected chi connectivity index (χ2v) is 5.46. The molecule has 2 atom stereocenters. The maximum Gasteiger partial charge on any atom is 0.257 e. The Morgan fingerprint density at radius 2 is 2.26 bits per heavy atom. The van der Waals surface area contributed by atoms with Crippen LogP contribution in [0.3, 0.4) is 0 Å². The lowest BCUT2D eigenvalue weighted by Crippen LogP contribution is -2.54. The minimum atomic E-state index is -0.0155. The van der Waals surface area contributed by atoms with Crippen LogP contribution in [0.25, 0.3) is 0 Å². The summed E-state index contributed by atoms with van der Waals surface area (Å²) in [5, 5.41) is 0.284. The Kier molecular flexibility index (Phi) is 3.71. The summed E-state index contributed by atoms with van der Waals surface area (Å²) in [5.41, 5.74) is 0.496. The molecule has 1 aliphatic heterocycles. The number of rotatable bonds is 1. The number of aromatic nitrogens is 1. The van der Waals surface area contributed by atoms with Gasteiger partial charge in [-0.05, 0) is 25.0 Å². The minimum absolute atomic E-state index is 0.0155. The van der Waals surface area contributed by atoms with Crippen LogP contribution in [0.15, 0.2) is 18.3 Å². The fourth-order valence-corrected chi connectivity index (χ4v) is 3.25. The average Bonchev–Trinajstić information content (AvgIpc) is 2.46. The van der Waals surface area contributed by atoms with Gasteiger partial charge < -0.3 is 9.64 Å². The molecule has 0 N–H and O–H groups in total. The van der Waals surface area contributed by atoms with Crippen LogP contribution in [0, 0.1) is 0 Å². The van der Waals surface area contributed by atoms with Crippen LogP contribution in [0.4, 0.5) is 0 Å². The highest BCUT2D eigenvalue weighted by atomic mass is 35.5. The Morgan fingerprint density at radius 1 is 1.42 bits per heavy atom. The summed E-state index contributed by atoms with van der Waals surface area (Å²) in [7, 11) is 0. The number of carbonyl (C=O) groups excluding carboxylic acids is 1. The Bertz CT molecular complexity index is 478. The maximum absolute atomic E-state index is 12.6. The molecule has 5 heteroatoms. The molecule has 1 aromatic heterocycles. The van der Waals surface area contributed by atoms with Crippen LogP contribution >= 0.6 is 11.6 Å². The summed E-state index contributed by atoms with van der Waals surface area (Å²) in [6, 6.07) is 3.69. The van der Waals surface area contributed by atoms with E-state index in [-0.39, 0.29) is 23.2 Å². The number of morpholine rings is 1. The third-order valence-electron chi connectivity index (χ3n) is 3.98. The van der Waals surface area contributed by atoms with Crippen molar-refractivity contribution >= 4 is 17.5 Å². The summed E-state index contributed by atoms with van der Waals surface area (Å²) >= 11 is 6.02. The van der Waals surface area contributed by atoms with E-state index in [0.29, 0.717) is 18.7 Å². The van der Waals surface area contributed by atoms with Crippen molar-refractivity contribution in [3.05, 3.63) is 29.0 Å². The van der Waals surface area contributed by atoms with Crippen molar-refractivity contribution in [1.29, 1.82) is 0 Å². The van der Waals surface area contributed by atoms with Crippen LogP contribution in [-0.4, -0.2) is 41.1 Å². The lowest BCUT2D eigenvalue weighted by molar-refractivity contribution is -0.0752. The van der Waals surface area contributed by atoms with Gasteiger partial charge in [-0.1, -0.05) is 24.4 Å². The van der Waals surface area contributed by atoms with Crippen molar-refractivity contribution in [2.45, 2.75) is 37.8 Å². The SMILES string of the molecule is O=C(c1cccnc1Cl)N1CCOC2CCCCC21. The van der Waals surface area contributed by atoms with Gasteiger partial charge in [0.1, 0.15) is 5.15 Å². The molecule has 1 aliphatic carbocycles. The molecule has 0 spiro atoms. The fourth-order valence-electron chi connectivity index (χ4n) is 3.05. The third-order valence-corrected chi connectivity index (χ3v) is 4.28. The number of halogens is 1. The van der Waals surface area contributed by atoms with E-state index in [1.807, 2.05) is 4.90 Å². The minimum Gasteiger partial charge on any atom is -0.374 e. The predicted octanol–water partition coefficient (Wildman–Crippen LogP) is 2.52. The fraction of sp³-hybridized carbons (Fsp3) is 0.571. The second kappa shape index (κ2) is 5.47. The van der Waals surface area contributed by atoms with Gasteiger partial charge in [-0.2, -0.15) is 0 Å². The van der Waals surface area contributed by atoms with Gasteiger partial charge in [-0.15, -0.1) is 0 Å². The van der Waals surface area contributed by atoms with E-state index >= 15 is 0 Å². The van der Waals surface area contributed by atoms with Crippen molar-refractivity contribution in [1.82, 2.24) is 9.88 Å². The molecule has 0 radical (unpaired) electrons. The quantitative estimate of drug-likeness (QED) is 0.743. The Morgan fingerprint density at radius 3 is 3.11 bits per heavy atom. The normalized spacial score (nSPS) is 26.9. The number of ether oxygens (including phenoxy) is 1. The Balaban J connectivity index is 1.84. The van der Waals surface area contributed by atoms with Crippen LogP contribution in [0.2, 0.25) is 5.15 Å². The standard InChI is InChI=1S/C14H17ClN2O2/c15-13-10(4-3-7-16-13)14(18)17-8-9-19-12-6-2-1-5-11(12)17/h3-4,7,11-12H,1-2,5-6,8-9H2. The van der Waals surface area contributed by atoms with Crippen molar-refractivity contribution in [3.63, 3.8) is 0 Å². The van der Waals surface area contributed by atoms with Crippen LogP contribution in [0.1, 0.15) is 36.0 Å². The molecular formula is C14H17ClN2O2. The van der Waals surface area contributed by atoms with E-state index < -0.39 is 0 Å². The number of hydrogen-bond donors (Lipinski definition) is 0. The van der Waals surface area contributed by atoms with E-state index in [1.165, 1.54) is 6.42 Å². The lowest BCUT2D eigenvalue weighted by Gasteiger charge is -2.43. The Labute approximate surface area is 117 Å². The molecule has 2 fully saturated rings. The molecule has 2 aliphatic rings. The van der Waals surface area contributed by atoms with Crippen LogP contribution < -0.4 is 0 Å². The van der Waals surface area contributed by atoms with Gasteiger partial charge in [0.2, 0.25) is 0 Å². The molecule has 0 aromatic carbocycles. The molecule has 19 heavy (non-hydrogen) atoms. The smallest absolute Gasteiger partial charge is 0.257 e. The number of hydrogen-bond acceptors (Lipinski definition) is 3. The number of pyridine rings is 1. The largest absolute Gasteiger partial charge is 0.374 e. The first-order valence-electron chi connectivity index (χ1n) is 6.80. The van der Waals surface area contributed by atoms with E-state index in [9.17, 15) is 4.79 Å². The topological polar surface area (TPSA) is 42.4 Å². The predicted molar refractivity (Wildman–Crippen MR) is 72.3 cm³/mol. The highest BCUT2D eigenvalue weighted by molar-refractivity contribution is 6.32. The van der Waals surface area contributed by atoms with E-state index in [1.54, 1.807) is 18.3 Å². The molecule has 2 unspecified atom stereocenters. The van der Waals surface area contributed by atoms with Crippen molar-refractivity contribution in [3.8, 4) is 0 Å². The van der Waals surface area contributed by atoms with Crippen LogP contribution in [-0.2, 0) is 4.74 Å². The van der Waals surface area contributed by atoms with Gasteiger partial charge in [0.05, 0.1) is 24.3 Å². The maximum atomic E-state index is 12.6. The first-order valence-corrected chi connectivity index (χ1v) is 7.18. The first-order chi connectivity index (χ1) is 9.27. The number of carbonyl (C=O) groups is 1. The molecule has 0 bridgehead atoms. The molecule has 1 saturated heterocycles. The summed E-state index contributed by atoms with van der Waals surface area (Å²) < 4.78 is 5.79. The van der Waals surface area contributed by atoms with Gasteiger partial charge in [0.15, 0.2) is 0 Å². The molecule has 2 heterocycles. The third kappa shape index (κ3) is 2.47. The summed E-state index contributed by atoms with van der Waals surface area (Å²) in [4.78, 5) is 18.5. The molecular weight excluding hydrogens is 264 g/mol. The zero-order valence-corrected chi connectivity index (χ0v) is 11.5. The summed E-state index contributed by atoms with van der Waals surface area (Å²) in [6.07, 6.45) is 6.22. The zero-order chi connectivity index (χ0) is 13.2. The van der Waals surface area contributed by atoms with Gasteiger partial charge in [-0.25, -0.2) is 4.98 Å². The van der Waals surface area contributed by atoms with Crippen molar-refractivity contribution in [2.75, 3.05) is 13.2 Å². The zero-order valence-electron chi connectivity index (χ0n) is 10.7. The molecule has 1 saturated carbocycles. The highest BCUT2D eigenvalue weighted by Gasteiger charge is 2.37. The summed E-state index contributed by atoms with van der Waals surface area (Å²) in [5.74, 6) is -0.0155. The first kappa shape index (κ1) is 12.9. The average molecular weight is 281 g/mol. The second-order valence-electron chi connectivity index (χ2n) is 5.10. The molecule has 1 aromatic rings. The van der Waals surface area contributed by atoms with Crippen LogP contribution in [0.5, 0.6) is 0 Å². The van der Waals surface area contributed by atoms with Gasteiger partial charge in [0.25, 0.3) is 5.91 Å². The van der Waals surface area contributed by atoms with Crippen molar-refractivity contribution in [2.24, 2.45) is 0 Å². The number of nitrogens with zero attached hydrogens (tertiary/aromatic N) is 2. The highest BCUT2D eigenvalue weighted by Crippen LogP contribution is 2.30. The van der Waals surface area contributed by atoms with Gasteiger partial charge in [0, 0.05) is 12.7 Å². The van der Waals surface area contributed by atoms with Gasteiger partial charge >= 0.3 is 0 Å². The number of amides is 1. The van der Waals surface area contributed by atoms with Gasteiger partial charge in [-0.3, -0.25) is 4.79 Å². The number of fused-ring (bicyclic) bond motifs is 1. The molecule has 102 valence electrons. The van der Waals surface area contributed by atoms with Crippen molar-refractivity contribution < 1.29 is 9.53 Å². The van der Waals surface area contributed by atoms with E-state index in [4.69, 9.17) is 16.3 Å². The molecule has 4 nitrogen and oxygen atoms in total. The summed E-state index contributed by atoms with van der Waals surface area (Å²) in [6.45, 7) is 1.26.